The van der Waals surface area contributed by atoms with Gasteiger partial charge in [0.15, 0.2) is 0 Å². The smallest absolute Gasteiger partial charge is 0.0662 e. The molecule has 0 saturated heterocycles. The van der Waals surface area contributed by atoms with E-state index in [1.54, 1.807) is 0 Å². The first-order valence-electron chi connectivity index (χ1n) is 15.7. The van der Waals surface area contributed by atoms with Gasteiger partial charge >= 0.3 is 0 Å². The van der Waals surface area contributed by atoms with Gasteiger partial charge in [0.25, 0.3) is 0 Å². The van der Waals surface area contributed by atoms with Crippen molar-refractivity contribution in [2.45, 2.75) is 193 Å². The number of nitrogens with two attached hydrogens (primary N) is 1. The quantitative estimate of drug-likeness (QED) is 0.107. The second kappa shape index (κ2) is 30.0. The van der Waals surface area contributed by atoms with E-state index in [4.69, 9.17) is 5.73 Å². The van der Waals surface area contributed by atoms with Crippen LogP contribution < -0.4 is 5.73 Å². The van der Waals surface area contributed by atoms with Crippen molar-refractivity contribution < 1.29 is 5.11 Å². The maximum atomic E-state index is 9.43. The average molecular weight is 468 g/mol. The van der Waals surface area contributed by atoms with Crippen molar-refractivity contribution in [3.05, 3.63) is 0 Å². The lowest BCUT2D eigenvalue weighted by atomic mass is 10.0. The Morgan fingerprint density at radius 3 is 0.818 bits per heavy atom. The van der Waals surface area contributed by atoms with Gasteiger partial charge in [-0.25, -0.2) is 0 Å². The molecule has 1 atom stereocenters. The van der Waals surface area contributed by atoms with Gasteiger partial charge in [0.1, 0.15) is 0 Å². The van der Waals surface area contributed by atoms with Gasteiger partial charge in [-0.1, -0.05) is 180 Å². The molecule has 1 unspecified atom stereocenters. The predicted octanol–water partition coefficient (Wildman–Crippen LogP) is 10.2. The molecule has 0 fully saturated rings. The van der Waals surface area contributed by atoms with Gasteiger partial charge in [-0.2, -0.15) is 0 Å². The topological polar surface area (TPSA) is 46.2 Å². The zero-order valence-electron chi connectivity index (χ0n) is 23.1. The molecule has 0 saturated carbocycles. The third kappa shape index (κ3) is 29.9. The van der Waals surface area contributed by atoms with Gasteiger partial charge in [0.2, 0.25) is 0 Å². The van der Waals surface area contributed by atoms with E-state index < -0.39 is 0 Å². The number of aliphatic hydroxyl groups excluding tert-OH is 1. The normalized spacial score (nSPS) is 12.5. The number of unbranched alkanes of at least 4 members (excludes halogenated alkanes) is 26. The van der Waals surface area contributed by atoms with E-state index in [0.29, 0.717) is 6.54 Å². The Hall–Kier alpha value is -0.0800. The molecule has 0 spiro atoms. The van der Waals surface area contributed by atoms with Crippen LogP contribution in [-0.4, -0.2) is 17.8 Å². The van der Waals surface area contributed by atoms with Crippen molar-refractivity contribution >= 4 is 0 Å². The Balaban J connectivity index is 3.01. The van der Waals surface area contributed by atoms with E-state index in [0.717, 1.165) is 12.8 Å². The van der Waals surface area contributed by atoms with Crippen LogP contribution in [0.15, 0.2) is 0 Å². The zero-order valence-corrected chi connectivity index (χ0v) is 23.1. The van der Waals surface area contributed by atoms with Crippen molar-refractivity contribution in [1.82, 2.24) is 0 Å². The van der Waals surface area contributed by atoms with Crippen molar-refractivity contribution in [3.8, 4) is 0 Å². The molecule has 0 aliphatic rings. The largest absolute Gasteiger partial charge is 0.392 e. The molecule has 0 radical (unpaired) electrons. The first-order chi connectivity index (χ1) is 16.3. The molecular formula is C31H65NO. The van der Waals surface area contributed by atoms with Crippen LogP contribution in [-0.2, 0) is 0 Å². The summed E-state index contributed by atoms with van der Waals surface area (Å²) in [6, 6.07) is 0. The Kier molecular flexibility index (Phi) is 29.9. The molecule has 0 bridgehead atoms. The average Bonchev–Trinajstić information content (AvgIpc) is 2.83. The summed E-state index contributed by atoms with van der Waals surface area (Å²) in [5, 5.41) is 9.43. The first-order valence-corrected chi connectivity index (χ1v) is 15.7. The second-order valence-electron chi connectivity index (χ2n) is 10.9. The number of hydrogen-bond donors (Lipinski definition) is 2. The van der Waals surface area contributed by atoms with Crippen LogP contribution in [0.1, 0.15) is 187 Å². The molecular weight excluding hydrogens is 402 g/mol. The summed E-state index contributed by atoms with van der Waals surface area (Å²) in [7, 11) is 0. The van der Waals surface area contributed by atoms with Gasteiger partial charge < -0.3 is 10.8 Å². The highest BCUT2D eigenvalue weighted by molar-refractivity contribution is 4.56. The lowest BCUT2D eigenvalue weighted by molar-refractivity contribution is 0.168. The monoisotopic (exact) mass is 468 g/mol. The predicted molar refractivity (Wildman–Crippen MR) is 150 cm³/mol. The van der Waals surface area contributed by atoms with Crippen molar-refractivity contribution in [2.24, 2.45) is 5.73 Å². The SMILES string of the molecule is CCCCCCCCCCCCCCCCCCCCCCCCCCCCCC(O)CN. The van der Waals surface area contributed by atoms with Gasteiger partial charge in [-0.15, -0.1) is 0 Å². The molecule has 3 N–H and O–H groups in total. The standard InChI is InChI=1S/C31H65NO/c1-2-3-4-5-6-7-8-9-10-11-12-13-14-15-16-17-18-19-20-21-22-23-24-25-26-27-28-29-31(33)30-32/h31,33H,2-30,32H2,1H3. The molecule has 200 valence electrons. The maximum Gasteiger partial charge on any atom is 0.0662 e. The third-order valence-corrected chi connectivity index (χ3v) is 7.41. The van der Waals surface area contributed by atoms with Crippen molar-refractivity contribution in [1.29, 1.82) is 0 Å². The van der Waals surface area contributed by atoms with Crippen molar-refractivity contribution in [3.63, 3.8) is 0 Å². The fourth-order valence-electron chi connectivity index (χ4n) is 4.99. The summed E-state index contributed by atoms with van der Waals surface area (Å²) in [4.78, 5) is 0. The molecule has 0 amide bonds. The molecule has 0 aromatic heterocycles. The summed E-state index contributed by atoms with van der Waals surface area (Å²) in [5.74, 6) is 0. The Labute approximate surface area is 210 Å². The molecule has 0 aromatic rings. The van der Waals surface area contributed by atoms with Crippen LogP contribution >= 0.6 is 0 Å². The van der Waals surface area contributed by atoms with E-state index in [1.165, 1.54) is 167 Å². The number of aliphatic hydroxyl groups is 1. The minimum absolute atomic E-state index is 0.274. The van der Waals surface area contributed by atoms with Gasteiger partial charge in [0.05, 0.1) is 6.10 Å². The maximum absolute atomic E-state index is 9.43. The molecule has 0 heterocycles. The summed E-state index contributed by atoms with van der Waals surface area (Å²) in [6.45, 7) is 2.72. The Morgan fingerprint density at radius 1 is 0.394 bits per heavy atom. The van der Waals surface area contributed by atoms with E-state index in [9.17, 15) is 5.11 Å². The molecule has 33 heavy (non-hydrogen) atoms. The fraction of sp³-hybridized carbons (Fsp3) is 1.00. The van der Waals surface area contributed by atoms with E-state index >= 15 is 0 Å². The minimum atomic E-state index is -0.274. The van der Waals surface area contributed by atoms with Crippen LogP contribution in [0, 0.1) is 0 Å². The number of rotatable bonds is 29. The van der Waals surface area contributed by atoms with Crippen molar-refractivity contribution in [2.75, 3.05) is 6.54 Å². The fourth-order valence-corrected chi connectivity index (χ4v) is 4.99. The molecule has 0 rings (SSSR count). The molecule has 0 aromatic carbocycles. The van der Waals surface area contributed by atoms with E-state index in [2.05, 4.69) is 6.92 Å². The number of hydrogen-bond acceptors (Lipinski definition) is 2. The lowest BCUT2D eigenvalue weighted by Gasteiger charge is -2.06. The molecule has 0 aliphatic carbocycles. The third-order valence-electron chi connectivity index (χ3n) is 7.41. The van der Waals surface area contributed by atoms with Crippen LogP contribution in [0.25, 0.3) is 0 Å². The second-order valence-corrected chi connectivity index (χ2v) is 10.9. The first kappa shape index (κ1) is 32.9. The minimum Gasteiger partial charge on any atom is -0.392 e. The van der Waals surface area contributed by atoms with E-state index in [1.807, 2.05) is 0 Å². The highest BCUT2D eigenvalue weighted by Crippen LogP contribution is 2.16. The Bertz CT molecular complexity index is 333. The summed E-state index contributed by atoms with van der Waals surface area (Å²) < 4.78 is 0. The molecule has 0 aliphatic heterocycles. The van der Waals surface area contributed by atoms with Crippen LogP contribution in [0.2, 0.25) is 0 Å². The van der Waals surface area contributed by atoms with Crippen LogP contribution in [0.4, 0.5) is 0 Å². The zero-order chi connectivity index (χ0) is 24.1. The molecule has 2 heteroatoms. The highest BCUT2D eigenvalue weighted by Gasteiger charge is 2.00. The van der Waals surface area contributed by atoms with Gasteiger partial charge in [-0.3, -0.25) is 0 Å². The summed E-state index contributed by atoms with van der Waals surface area (Å²) in [6.07, 6.45) is 39.3. The van der Waals surface area contributed by atoms with Crippen LogP contribution in [0.5, 0.6) is 0 Å². The molecule has 2 nitrogen and oxygen atoms in total. The highest BCUT2D eigenvalue weighted by atomic mass is 16.3. The van der Waals surface area contributed by atoms with Gasteiger partial charge in [-0.05, 0) is 6.42 Å². The van der Waals surface area contributed by atoms with Gasteiger partial charge in [0, 0.05) is 6.54 Å². The summed E-state index contributed by atoms with van der Waals surface area (Å²) in [5.41, 5.74) is 5.43. The van der Waals surface area contributed by atoms with E-state index in [-0.39, 0.29) is 6.10 Å². The van der Waals surface area contributed by atoms with Crippen LogP contribution in [0.3, 0.4) is 0 Å². The summed E-state index contributed by atoms with van der Waals surface area (Å²) >= 11 is 0. The Morgan fingerprint density at radius 2 is 0.606 bits per heavy atom. The lowest BCUT2D eigenvalue weighted by Crippen LogP contribution is -2.19.